The molecule has 0 aromatic heterocycles. The molecule has 3 heterocycles. The van der Waals surface area contributed by atoms with Gasteiger partial charge in [0.05, 0.1) is 18.6 Å². The topological polar surface area (TPSA) is 138 Å². The van der Waals surface area contributed by atoms with Crippen molar-refractivity contribution in [1.82, 2.24) is 4.90 Å². The monoisotopic (exact) mass is 463 g/mol. The minimum absolute atomic E-state index is 0.254. The van der Waals surface area contributed by atoms with Gasteiger partial charge in [0, 0.05) is 18.5 Å². The summed E-state index contributed by atoms with van der Waals surface area (Å²) < 4.78 is 23.2. The van der Waals surface area contributed by atoms with Crippen LogP contribution in [-0.4, -0.2) is 94.9 Å². The number of carbonyl (C=O) groups is 1. The van der Waals surface area contributed by atoms with Gasteiger partial charge >= 0.3 is 5.97 Å². The first-order chi connectivity index (χ1) is 15.7. The molecular formula is C23H29NO9. The van der Waals surface area contributed by atoms with Gasteiger partial charge in [0.25, 0.3) is 0 Å². The average Bonchev–Trinajstić information content (AvgIpc) is 3.05. The van der Waals surface area contributed by atoms with Crippen LogP contribution >= 0.6 is 0 Å². The molecule has 1 aromatic rings. The Hall–Kier alpha value is -2.21. The van der Waals surface area contributed by atoms with Crippen LogP contribution < -0.4 is 9.47 Å². The van der Waals surface area contributed by atoms with Gasteiger partial charge in [0.2, 0.25) is 0 Å². The van der Waals surface area contributed by atoms with Gasteiger partial charge in [-0.15, -0.1) is 0 Å². The molecule has 1 saturated heterocycles. The summed E-state index contributed by atoms with van der Waals surface area (Å²) in [5.74, 6) is -0.0404. The van der Waals surface area contributed by atoms with Gasteiger partial charge in [0.15, 0.2) is 23.9 Å². The summed E-state index contributed by atoms with van der Waals surface area (Å²) in [5.41, 5.74) is 1.96. The SMILES string of the molecule is COc1ccc2c3c1O[C@H]1C[C@@H](O[C@H]4O[C@@H](C(=O)O)[C@H](O)[C@@H](O)[C@H]4O)C=C[C@@]31CCN(C)C2. The first-order valence-corrected chi connectivity index (χ1v) is 11.1. The molecule has 4 N–H and O–H groups in total. The fourth-order valence-electron chi connectivity index (χ4n) is 5.50. The molecule has 10 nitrogen and oxygen atoms in total. The number of ether oxygens (including phenoxy) is 4. The normalized spacial score (nSPS) is 39.8. The number of carboxylic acid groups (broad SMARTS) is 1. The maximum absolute atomic E-state index is 11.4. The summed E-state index contributed by atoms with van der Waals surface area (Å²) >= 11 is 0. The third-order valence-corrected chi connectivity index (χ3v) is 7.25. The molecule has 5 rings (SSSR count). The van der Waals surface area contributed by atoms with Gasteiger partial charge in [-0.2, -0.15) is 0 Å². The number of methoxy groups -OCH3 is 1. The fourth-order valence-corrected chi connectivity index (χ4v) is 5.50. The van der Waals surface area contributed by atoms with Crippen LogP contribution in [0, 0.1) is 0 Å². The molecule has 10 heteroatoms. The molecule has 1 spiro atoms. The molecular weight excluding hydrogens is 434 g/mol. The van der Waals surface area contributed by atoms with Gasteiger partial charge in [-0.1, -0.05) is 18.2 Å². The smallest absolute Gasteiger partial charge is 0.335 e. The highest BCUT2D eigenvalue weighted by Gasteiger charge is 2.54. The Morgan fingerprint density at radius 1 is 1.21 bits per heavy atom. The van der Waals surface area contributed by atoms with Crippen molar-refractivity contribution >= 4 is 5.97 Å². The summed E-state index contributed by atoms with van der Waals surface area (Å²) in [4.78, 5) is 13.7. The van der Waals surface area contributed by atoms with Crippen molar-refractivity contribution in [1.29, 1.82) is 0 Å². The van der Waals surface area contributed by atoms with E-state index in [4.69, 9.17) is 18.9 Å². The Labute approximate surface area is 190 Å². The maximum Gasteiger partial charge on any atom is 0.335 e. The largest absolute Gasteiger partial charge is 0.493 e. The molecule has 0 radical (unpaired) electrons. The van der Waals surface area contributed by atoms with Crippen LogP contribution in [0.2, 0.25) is 0 Å². The second-order valence-electron chi connectivity index (χ2n) is 9.27. The summed E-state index contributed by atoms with van der Waals surface area (Å²) in [6, 6.07) is 4.00. The number of aliphatic hydroxyl groups excluding tert-OH is 3. The molecule has 3 aliphatic heterocycles. The Morgan fingerprint density at radius 3 is 2.73 bits per heavy atom. The number of aliphatic hydroxyl groups is 3. The lowest BCUT2D eigenvalue weighted by atomic mass is 9.69. The molecule has 0 bridgehead atoms. The first-order valence-electron chi connectivity index (χ1n) is 11.1. The van der Waals surface area contributed by atoms with E-state index in [2.05, 4.69) is 24.1 Å². The zero-order valence-electron chi connectivity index (χ0n) is 18.5. The van der Waals surface area contributed by atoms with E-state index >= 15 is 0 Å². The van der Waals surface area contributed by atoms with Gasteiger partial charge in [-0.3, -0.25) is 0 Å². The minimum Gasteiger partial charge on any atom is -0.493 e. The van der Waals surface area contributed by atoms with Crippen molar-refractivity contribution < 1.29 is 44.2 Å². The quantitative estimate of drug-likeness (QED) is 0.443. The summed E-state index contributed by atoms with van der Waals surface area (Å²) in [6.07, 6.45) is -3.76. The Morgan fingerprint density at radius 2 is 2.00 bits per heavy atom. The van der Waals surface area contributed by atoms with Crippen LogP contribution in [-0.2, 0) is 26.2 Å². The van der Waals surface area contributed by atoms with Crippen LogP contribution in [0.25, 0.3) is 0 Å². The molecule has 8 atom stereocenters. The van der Waals surface area contributed by atoms with E-state index in [1.165, 1.54) is 5.56 Å². The zero-order chi connectivity index (χ0) is 23.5. The number of carboxylic acids is 1. The van der Waals surface area contributed by atoms with Crippen LogP contribution in [0.5, 0.6) is 11.5 Å². The number of aliphatic carboxylic acids is 1. The van der Waals surface area contributed by atoms with E-state index in [-0.39, 0.29) is 11.5 Å². The van der Waals surface area contributed by atoms with Crippen molar-refractivity contribution in [3.05, 3.63) is 35.4 Å². The molecule has 1 aromatic carbocycles. The third-order valence-electron chi connectivity index (χ3n) is 7.25. The second-order valence-corrected chi connectivity index (χ2v) is 9.27. The van der Waals surface area contributed by atoms with E-state index in [1.54, 1.807) is 7.11 Å². The number of nitrogens with zero attached hydrogens (tertiary/aromatic N) is 1. The molecule has 0 unspecified atom stereocenters. The zero-order valence-corrected chi connectivity index (χ0v) is 18.5. The first kappa shape index (κ1) is 22.6. The standard InChI is InChI=1S/C23H29NO9/c1-24-8-7-23-6-5-12(31-22-18(27)16(25)17(26)20(33-22)21(28)29)9-14(23)32-19-13(30-2)4-3-11(10-24)15(19)23/h3-6,12,14,16-18,20,22,25-27H,7-10H2,1-2H3,(H,28,29)/t12-,14-,16+,17+,18+,20+,22-,23-/m0/s1. The molecule has 4 aliphatic rings. The van der Waals surface area contributed by atoms with E-state index in [0.717, 1.165) is 30.8 Å². The highest BCUT2D eigenvalue weighted by atomic mass is 16.7. The van der Waals surface area contributed by atoms with Gasteiger partial charge in [-0.25, -0.2) is 4.79 Å². The predicted octanol–water partition coefficient (Wildman–Crippen LogP) is -0.233. The lowest BCUT2D eigenvalue weighted by molar-refractivity contribution is -0.302. The predicted molar refractivity (Wildman–Crippen MR) is 113 cm³/mol. The Bertz CT molecular complexity index is 967. The maximum atomic E-state index is 11.4. The summed E-state index contributed by atoms with van der Waals surface area (Å²) in [6.45, 7) is 1.68. The minimum atomic E-state index is -1.76. The van der Waals surface area contributed by atoms with Crippen LogP contribution in [0.15, 0.2) is 24.3 Å². The van der Waals surface area contributed by atoms with Crippen molar-refractivity contribution in [3.63, 3.8) is 0 Å². The second kappa shape index (κ2) is 8.23. The lowest BCUT2D eigenvalue weighted by Crippen LogP contribution is -2.61. The molecule has 1 aliphatic carbocycles. The van der Waals surface area contributed by atoms with Crippen molar-refractivity contribution in [2.45, 2.75) is 67.7 Å². The van der Waals surface area contributed by atoms with E-state index in [0.29, 0.717) is 12.2 Å². The Balaban J connectivity index is 1.42. The average molecular weight is 463 g/mol. The molecule has 33 heavy (non-hydrogen) atoms. The Kier molecular flexibility index (Phi) is 5.63. The van der Waals surface area contributed by atoms with Crippen molar-refractivity contribution in [2.75, 3.05) is 20.7 Å². The number of hydrogen-bond acceptors (Lipinski definition) is 9. The van der Waals surface area contributed by atoms with Crippen molar-refractivity contribution in [2.24, 2.45) is 0 Å². The van der Waals surface area contributed by atoms with Crippen LogP contribution in [0.3, 0.4) is 0 Å². The van der Waals surface area contributed by atoms with Gasteiger partial charge in [0.1, 0.15) is 24.4 Å². The van der Waals surface area contributed by atoms with E-state index < -0.39 is 42.8 Å². The number of benzene rings is 1. The number of hydrogen-bond donors (Lipinski definition) is 4. The van der Waals surface area contributed by atoms with Gasteiger partial charge < -0.3 is 44.3 Å². The molecule has 0 amide bonds. The highest BCUT2D eigenvalue weighted by molar-refractivity contribution is 5.73. The molecule has 1 fully saturated rings. The number of rotatable bonds is 4. The van der Waals surface area contributed by atoms with Crippen LogP contribution in [0.1, 0.15) is 24.0 Å². The van der Waals surface area contributed by atoms with Gasteiger partial charge in [-0.05, 0) is 31.6 Å². The highest BCUT2D eigenvalue weighted by Crippen LogP contribution is 2.56. The van der Waals surface area contributed by atoms with Crippen LogP contribution in [0.4, 0.5) is 0 Å². The van der Waals surface area contributed by atoms with E-state index in [1.807, 2.05) is 12.1 Å². The summed E-state index contributed by atoms with van der Waals surface area (Å²) in [5, 5.41) is 39.6. The van der Waals surface area contributed by atoms with E-state index in [9.17, 15) is 25.2 Å². The summed E-state index contributed by atoms with van der Waals surface area (Å²) in [7, 11) is 3.70. The molecule has 180 valence electrons. The third kappa shape index (κ3) is 3.52. The molecule has 0 saturated carbocycles. The fraction of sp³-hybridized carbons (Fsp3) is 0.609. The lowest BCUT2D eigenvalue weighted by Gasteiger charge is -2.42. The van der Waals surface area contributed by atoms with Crippen molar-refractivity contribution in [3.8, 4) is 11.5 Å².